The third-order valence-electron chi connectivity index (χ3n) is 6.64. The average Bonchev–Trinajstić information content (AvgIpc) is 3.40. The molecule has 1 aromatic rings. The molecule has 0 radical (unpaired) electrons. The molecule has 1 N–H and O–H groups in total. The number of aliphatic hydroxyl groups is 1. The molecule has 5 rings (SSSR count). The van der Waals surface area contributed by atoms with Crippen LogP contribution in [0.15, 0.2) is 0 Å². The molecule has 2 aliphatic carbocycles. The summed E-state index contributed by atoms with van der Waals surface area (Å²) in [6.07, 6.45) is 3.05. The molecule has 3 fully saturated rings. The van der Waals surface area contributed by atoms with Crippen LogP contribution in [0.2, 0.25) is 0 Å². The Morgan fingerprint density at radius 3 is 2.42 bits per heavy atom. The predicted octanol–water partition coefficient (Wildman–Crippen LogP) is -0.856. The second-order valence-corrected chi connectivity index (χ2v) is 7.80. The number of carbonyl (C=O) groups is 3. The first-order valence-electron chi connectivity index (χ1n) is 9.23. The fraction of sp³-hybridized carbons (Fsp3) is 0.706. The van der Waals surface area contributed by atoms with Gasteiger partial charge >= 0.3 is 0 Å². The van der Waals surface area contributed by atoms with Gasteiger partial charge in [0.25, 0.3) is 0 Å². The summed E-state index contributed by atoms with van der Waals surface area (Å²) in [5.41, 5.74) is 0. The topological polar surface area (TPSA) is 109 Å². The van der Waals surface area contributed by atoms with Gasteiger partial charge in [0.1, 0.15) is 13.2 Å². The minimum absolute atomic E-state index is 0.150. The van der Waals surface area contributed by atoms with E-state index in [1.807, 2.05) is 0 Å². The van der Waals surface area contributed by atoms with Gasteiger partial charge in [0.15, 0.2) is 11.6 Å². The molecule has 0 aromatic carbocycles. The van der Waals surface area contributed by atoms with Crippen molar-refractivity contribution in [2.24, 2.45) is 23.7 Å². The monoisotopic (exact) mass is 359 g/mol. The number of fused-ring (bicyclic) bond motifs is 6. The SMILES string of the molecule is O=C(CN1C(=O)C2C3CCC(C3)C2C1=O)N1CCn2c(CO)nnc2C1. The van der Waals surface area contributed by atoms with Crippen LogP contribution in [0, 0.1) is 23.7 Å². The zero-order valence-corrected chi connectivity index (χ0v) is 14.4. The Bertz CT molecular complexity index is 777. The summed E-state index contributed by atoms with van der Waals surface area (Å²) in [6.45, 7) is 0.862. The van der Waals surface area contributed by atoms with Crippen molar-refractivity contribution in [3.8, 4) is 0 Å². The average molecular weight is 359 g/mol. The highest BCUT2D eigenvalue weighted by Gasteiger charge is 2.61. The molecule has 3 amide bonds. The van der Waals surface area contributed by atoms with E-state index in [1.54, 1.807) is 9.47 Å². The van der Waals surface area contributed by atoms with Crippen molar-refractivity contribution in [3.05, 3.63) is 11.6 Å². The molecule has 9 nitrogen and oxygen atoms in total. The van der Waals surface area contributed by atoms with Crippen molar-refractivity contribution in [3.63, 3.8) is 0 Å². The maximum Gasteiger partial charge on any atom is 0.243 e. The molecule has 3 heterocycles. The van der Waals surface area contributed by atoms with E-state index in [9.17, 15) is 19.5 Å². The van der Waals surface area contributed by atoms with E-state index >= 15 is 0 Å². The van der Waals surface area contributed by atoms with E-state index in [1.165, 1.54) is 4.90 Å². The smallest absolute Gasteiger partial charge is 0.243 e. The number of carbonyl (C=O) groups excluding carboxylic acids is 3. The molecule has 4 aliphatic rings. The number of rotatable bonds is 3. The van der Waals surface area contributed by atoms with E-state index < -0.39 is 0 Å². The molecule has 2 bridgehead atoms. The van der Waals surface area contributed by atoms with Crippen LogP contribution in [0.25, 0.3) is 0 Å². The fourth-order valence-corrected chi connectivity index (χ4v) is 5.41. The Balaban J connectivity index is 1.29. The van der Waals surface area contributed by atoms with Crippen molar-refractivity contribution < 1.29 is 19.5 Å². The third-order valence-corrected chi connectivity index (χ3v) is 6.64. The Hall–Kier alpha value is -2.29. The fourth-order valence-electron chi connectivity index (χ4n) is 5.41. The number of imide groups is 1. The first kappa shape index (κ1) is 15.9. The lowest BCUT2D eigenvalue weighted by Crippen LogP contribution is -2.46. The lowest BCUT2D eigenvalue weighted by atomic mass is 9.81. The minimum atomic E-state index is -0.237. The van der Waals surface area contributed by atoms with E-state index in [-0.39, 0.29) is 49.3 Å². The summed E-state index contributed by atoms with van der Waals surface area (Å²) in [4.78, 5) is 41.0. The van der Waals surface area contributed by atoms with Gasteiger partial charge in [-0.3, -0.25) is 19.3 Å². The van der Waals surface area contributed by atoms with Crippen LogP contribution in [0.3, 0.4) is 0 Å². The summed E-state index contributed by atoms with van der Waals surface area (Å²) in [5.74, 6) is 0.837. The van der Waals surface area contributed by atoms with Crippen LogP contribution in [0.5, 0.6) is 0 Å². The minimum Gasteiger partial charge on any atom is -0.388 e. The molecule has 1 saturated heterocycles. The Kier molecular flexibility index (Phi) is 3.43. The molecule has 1 aromatic heterocycles. The summed E-state index contributed by atoms with van der Waals surface area (Å²) in [5, 5.41) is 17.2. The Labute approximate surface area is 150 Å². The summed E-state index contributed by atoms with van der Waals surface area (Å²) >= 11 is 0. The number of nitrogens with zero attached hydrogens (tertiary/aromatic N) is 5. The molecular formula is C17H21N5O4. The van der Waals surface area contributed by atoms with Gasteiger partial charge in [0.05, 0.1) is 18.4 Å². The van der Waals surface area contributed by atoms with Crippen LogP contribution >= 0.6 is 0 Å². The Morgan fingerprint density at radius 2 is 1.77 bits per heavy atom. The van der Waals surface area contributed by atoms with E-state index in [0.29, 0.717) is 36.6 Å². The second kappa shape index (κ2) is 5.60. The van der Waals surface area contributed by atoms with Gasteiger partial charge in [0, 0.05) is 13.1 Å². The number of aromatic nitrogens is 3. The number of likely N-dealkylation sites (tertiary alicyclic amines) is 1. The summed E-state index contributed by atoms with van der Waals surface area (Å²) in [6, 6.07) is 0. The number of hydrogen-bond donors (Lipinski definition) is 1. The van der Waals surface area contributed by atoms with Crippen LogP contribution < -0.4 is 0 Å². The zero-order chi connectivity index (χ0) is 18.0. The largest absolute Gasteiger partial charge is 0.388 e. The van der Waals surface area contributed by atoms with Crippen LogP contribution in [-0.4, -0.2) is 60.5 Å². The van der Waals surface area contributed by atoms with E-state index in [2.05, 4.69) is 10.2 Å². The first-order valence-corrected chi connectivity index (χ1v) is 9.23. The molecule has 138 valence electrons. The van der Waals surface area contributed by atoms with E-state index in [4.69, 9.17) is 0 Å². The maximum absolute atomic E-state index is 12.7. The van der Waals surface area contributed by atoms with Gasteiger partial charge < -0.3 is 14.6 Å². The second-order valence-electron chi connectivity index (χ2n) is 7.80. The number of hydrogen-bond acceptors (Lipinski definition) is 6. The van der Waals surface area contributed by atoms with Gasteiger partial charge in [-0.25, -0.2) is 0 Å². The first-order chi connectivity index (χ1) is 12.6. The van der Waals surface area contributed by atoms with Gasteiger partial charge in [0.2, 0.25) is 17.7 Å². The number of aliphatic hydroxyl groups excluding tert-OH is 1. The molecule has 4 unspecified atom stereocenters. The highest BCUT2D eigenvalue weighted by molar-refractivity contribution is 6.08. The van der Waals surface area contributed by atoms with Crippen molar-refractivity contribution in [1.29, 1.82) is 0 Å². The van der Waals surface area contributed by atoms with Crippen molar-refractivity contribution in [2.75, 3.05) is 13.1 Å². The van der Waals surface area contributed by atoms with Gasteiger partial charge in [-0.15, -0.1) is 10.2 Å². The summed E-state index contributed by atoms with van der Waals surface area (Å²) in [7, 11) is 0. The molecule has 26 heavy (non-hydrogen) atoms. The normalized spacial score (nSPS) is 32.3. The lowest BCUT2D eigenvalue weighted by molar-refractivity contribution is -0.147. The molecule has 0 spiro atoms. The molecule has 2 aliphatic heterocycles. The lowest BCUT2D eigenvalue weighted by Gasteiger charge is -2.29. The third kappa shape index (κ3) is 2.09. The number of amides is 3. The molecule has 4 atom stereocenters. The van der Waals surface area contributed by atoms with Gasteiger partial charge in [-0.1, -0.05) is 0 Å². The van der Waals surface area contributed by atoms with Crippen LogP contribution in [-0.2, 0) is 34.1 Å². The quantitative estimate of drug-likeness (QED) is 0.704. The molecular weight excluding hydrogens is 338 g/mol. The predicted molar refractivity (Wildman–Crippen MR) is 85.9 cm³/mol. The highest BCUT2D eigenvalue weighted by atomic mass is 16.3. The van der Waals surface area contributed by atoms with Crippen molar-refractivity contribution in [1.82, 2.24) is 24.6 Å². The van der Waals surface area contributed by atoms with Crippen molar-refractivity contribution >= 4 is 17.7 Å². The molecule has 9 heteroatoms. The van der Waals surface area contributed by atoms with Crippen molar-refractivity contribution in [2.45, 2.75) is 39.0 Å². The zero-order valence-electron chi connectivity index (χ0n) is 14.4. The highest BCUT2D eigenvalue weighted by Crippen LogP contribution is 2.56. The standard InChI is InChI=1S/C17H21N5O4/c23-8-12-19-18-11-6-20(3-4-21(11)12)13(24)7-22-16(25)14-9-1-2-10(5-9)15(14)17(22)26/h9-10,14-15,23H,1-8H2. The van der Waals surface area contributed by atoms with E-state index in [0.717, 1.165) is 19.3 Å². The summed E-state index contributed by atoms with van der Waals surface area (Å²) < 4.78 is 1.80. The Morgan fingerprint density at radius 1 is 1.08 bits per heavy atom. The van der Waals surface area contributed by atoms with Gasteiger partial charge in [-0.2, -0.15) is 0 Å². The maximum atomic E-state index is 12.7. The van der Waals surface area contributed by atoms with Gasteiger partial charge in [-0.05, 0) is 31.1 Å². The van der Waals surface area contributed by atoms with Crippen LogP contribution in [0.4, 0.5) is 0 Å². The van der Waals surface area contributed by atoms with Crippen LogP contribution in [0.1, 0.15) is 30.9 Å². The molecule has 2 saturated carbocycles.